The second-order valence-electron chi connectivity index (χ2n) is 9.65. The SMILES string of the molecule is COC(=O)CNC(=O)C(c1ccc(C)cc1)N(C(=O)C(CCC(N)=O)NC(=O)OC(C)(C)C)C(C)C. The number of nitrogens with one attached hydrogen (secondary N) is 2. The molecule has 200 valence electrons. The fraction of sp³-hybridized carbons (Fsp3) is 0.560. The van der Waals surface area contributed by atoms with Crippen LogP contribution in [0.1, 0.15) is 64.6 Å². The molecule has 1 aromatic rings. The van der Waals surface area contributed by atoms with Gasteiger partial charge in [-0.25, -0.2) is 4.79 Å². The maximum atomic E-state index is 13.8. The number of nitrogens with two attached hydrogens (primary N) is 1. The maximum absolute atomic E-state index is 13.8. The summed E-state index contributed by atoms with van der Waals surface area (Å²) in [4.78, 5) is 64.0. The third kappa shape index (κ3) is 9.93. The molecule has 1 rings (SSSR count). The highest BCUT2D eigenvalue weighted by molar-refractivity contribution is 5.93. The molecule has 0 fully saturated rings. The fourth-order valence-corrected chi connectivity index (χ4v) is 3.37. The van der Waals surface area contributed by atoms with Gasteiger partial charge in [0, 0.05) is 12.5 Å². The number of alkyl carbamates (subject to hydrolysis) is 1. The molecule has 2 unspecified atom stereocenters. The minimum Gasteiger partial charge on any atom is -0.468 e. The Hall–Kier alpha value is -3.63. The first kappa shape index (κ1) is 30.4. The van der Waals surface area contributed by atoms with Crippen LogP contribution >= 0.6 is 0 Å². The molecule has 4 N–H and O–H groups in total. The van der Waals surface area contributed by atoms with Gasteiger partial charge in [0.15, 0.2) is 0 Å². The summed E-state index contributed by atoms with van der Waals surface area (Å²) in [6.45, 7) is 9.94. The molecule has 0 bridgehead atoms. The van der Waals surface area contributed by atoms with Crippen molar-refractivity contribution >= 4 is 29.8 Å². The van der Waals surface area contributed by atoms with Crippen molar-refractivity contribution in [3.63, 3.8) is 0 Å². The Kier molecular flexibility index (Phi) is 11.4. The van der Waals surface area contributed by atoms with Crippen molar-refractivity contribution in [2.45, 2.75) is 78.1 Å². The van der Waals surface area contributed by atoms with Gasteiger partial charge in [-0.3, -0.25) is 19.2 Å². The molecular weight excluding hydrogens is 468 g/mol. The Bertz CT molecular complexity index is 939. The van der Waals surface area contributed by atoms with E-state index in [1.165, 1.54) is 12.0 Å². The number of nitrogens with zero attached hydrogens (tertiary/aromatic N) is 1. The van der Waals surface area contributed by atoms with Crippen LogP contribution < -0.4 is 16.4 Å². The Labute approximate surface area is 212 Å². The summed E-state index contributed by atoms with van der Waals surface area (Å²) in [6, 6.07) is 4.16. The van der Waals surface area contributed by atoms with Crippen LogP contribution in [-0.2, 0) is 28.7 Å². The van der Waals surface area contributed by atoms with E-state index in [0.717, 1.165) is 5.56 Å². The lowest BCUT2D eigenvalue weighted by Gasteiger charge is -2.37. The smallest absolute Gasteiger partial charge is 0.408 e. The number of carbonyl (C=O) groups is 5. The van der Waals surface area contributed by atoms with Gasteiger partial charge in [-0.05, 0) is 53.5 Å². The molecule has 2 atom stereocenters. The molecule has 0 aliphatic rings. The quantitative estimate of drug-likeness (QED) is 0.386. The summed E-state index contributed by atoms with van der Waals surface area (Å²) in [5.41, 5.74) is 5.91. The monoisotopic (exact) mass is 506 g/mol. The average Bonchev–Trinajstić information content (AvgIpc) is 2.77. The van der Waals surface area contributed by atoms with E-state index in [2.05, 4.69) is 15.4 Å². The predicted octanol–water partition coefficient (Wildman–Crippen LogP) is 1.72. The van der Waals surface area contributed by atoms with Crippen molar-refractivity contribution in [2.24, 2.45) is 5.73 Å². The van der Waals surface area contributed by atoms with Crippen LogP contribution in [0.3, 0.4) is 0 Å². The summed E-state index contributed by atoms with van der Waals surface area (Å²) in [7, 11) is 1.20. The summed E-state index contributed by atoms with van der Waals surface area (Å²) in [6.07, 6.45) is -1.13. The van der Waals surface area contributed by atoms with Gasteiger partial charge < -0.3 is 30.7 Å². The van der Waals surface area contributed by atoms with E-state index in [9.17, 15) is 24.0 Å². The number of primary amides is 1. The predicted molar refractivity (Wildman–Crippen MR) is 133 cm³/mol. The van der Waals surface area contributed by atoms with Crippen LogP contribution in [0.5, 0.6) is 0 Å². The van der Waals surface area contributed by atoms with Gasteiger partial charge in [-0.15, -0.1) is 0 Å². The zero-order valence-electron chi connectivity index (χ0n) is 22.0. The Morgan fingerprint density at radius 1 is 1.06 bits per heavy atom. The van der Waals surface area contributed by atoms with Crippen LogP contribution in [0.2, 0.25) is 0 Å². The zero-order chi connectivity index (χ0) is 27.6. The lowest BCUT2D eigenvalue weighted by Crippen LogP contribution is -2.55. The van der Waals surface area contributed by atoms with Crippen molar-refractivity contribution in [2.75, 3.05) is 13.7 Å². The fourth-order valence-electron chi connectivity index (χ4n) is 3.37. The van der Waals surface area contributed by atoms with E-state index >= 15 is 0 Å². The number of benzene rings is 1. The van der Waals surface area contributed by atoms with Crippen molar-refractivity contribution in [3.8, 4) is 0 Å². The molecule has 1 aromatic carbocycles. The van der Waals surface area contributed by atoms with Gasteiger partial charge in [-0.2, -0.15) is 0 Å². The van der Waals surface area contributed by atoms with Crippen LogP contribution in [0.25, 0.3) is 0 Å². The largest absolute Gasteiger partial charge is 0.468 e. The van der Waals surface area contributed by atoms with E-state index in [1.54, 1.807) is 58.9 Å². The highest BCUT2D eigenvalue weighted by atomic mass is 16.6. The number of carbonyl (C=O) groups excluding carboxylic acids is 5. The molecule has 0 saturated heterocycles. The molecule has 11 heteroatoms. The summed E-state index contributed by atoms with van der Waals surface area (Å²) in [5.74, 6) is -2.53. The van der Waals surface area contributed by atoms with Crippen LogP contribution in [0.15, 0.2) is 24.3 Å². The normalized spacial score (nSPS) is 12.8. The number of hydrogen-bond acceptors (Lipinski definition) is 7. The van der Waals surface area contributed by atoms with Crippen LogP contribution in [-0.4, -0.2) is 66.0 Å². The lowest BCUT2D eigenvalue weighted by atomic mass is 9.99. The van der Waals surface area contributed by atoms with Crippen LogP contribution in [0, 0.1) is 6.92 Å². The first-order chi connectivity index (χ1) is 16.7. The minimum absolute atomic E-state index is 0.0962. The van der Waals surface area contributed by atoms with Gasteiger partial charge >= 0.3 is 12.1 Å². The number of aryl methyl sites for hydroxylation is 1. The molecule has 0 aromatic heterocycles. The Morgan fingerprint density at radius 2 is 1.64 bits per heavy atom. The van der Waals surface area contributed by atoms with E-state index in [1.807, 2.05) is 6.92 Å². The first-order valence-corrected chi connectivity index (χ1v) is 11.7. The third-order valence-corrected chi connectivity index (χ3v) is 5.03. The van der Waals surface area contributed by atoms with E-state index in [4.69, 9.17) is 10.5 Å². The topological polar surface area (TPSA) is 157 Å². The highest BCUT2D eigenvalue weighted by Crippen LogP contribution is 2.26. The van der Waals surface area contributed by atoms with Crippen molar-refractivity contribution in [1.82, 2.24) is 15.5 Å². The molecule has 36 heavy (non-hydrogen) atoms. The molecule has 0 heterocycles. The number of esters is 1. The number of ether oxygens (including phenoxy) is 2. The standard InChI is InChI=1S/C25H38N4O7/c1-15(2)29(23(33)18(12-13-19(26)30)28-24(34)36-25(4,5)6)21(17-10-8-16(3)9-11-17)22(32)27-14-20(31)35-7/h8-11,15,18,21H,12-14H2,1-7H3,(H2,26,30)(H,27,32)(H,28,34). The summed E-state index contributed by atoms with van der Waals surface area (Å²) < 4.78 is 9.87. The minimum atomic E-state index is -1.20. The molecular formula is C25H38N4O7. The lowest BCUT2D eigenvalue weighted by molar-refractivity contribution is -0.146. The number of hydrogen-bond donors (Lipinski definition) is 3. The zero-order valence-corrected chi connectivity index (χ0v) is 22.0. The molecule has 0 aliphatic carbocycles. The number of methoxy groups -OCH3 is 1. The third-order valence-electron chi connectivity index (χ3n) is 5.03. The van der Waals surface area contributed by atoms with E-state index in [0.29, 0.717) is 5.56 Å². The van der Waals surface area contributed by atoms with E-state index in [-0.39, 0.29) is 19.4 Å². The average molecular weight is 507 g/mol. The number of rotatable bonds is 11. The molecule has 0 saturated carbocycles. The van der Waals surface area contributed by atoms with Gasteiger partial charge in [0.2, 0.25) is 17.7 Å². The van der Waals surface area contributed by atoms with Gasteiger partial charge in [0.25, 0.3) is 0 Å². The van der Waals surface area contributed by atoms with E-state index < -0.39 is 53.5 Å². The molecule has 0 aliphatic heterocycles. The Balaban J connectivity index is 3.43. The Morgan fingerprint density at radius 3 is 2.11 bits per heavy atom. The molecule has 11 nitrogen and oxygen atoms in total. The second-order valence-corrected chi connectivity index (χ2v) is 9.65. The van der Waals surface area contributed by atoms with Gasteiger partial charge in [0.05, 0.1) is 7.11 Å². The van der Waals surface area contributed by atoms with Crippen LogP contribution in [0.4, 0.5) is 4.79 Å². The van der Waals surface area contributed by atoms with Crippen molar-refractivity contribution in [1.29, 1.82) is 0 Å². The van der Waals surface area contributed by atoms with Gasteiger partial charge in [-0.1, -0.05) is 29.8 Å². The molecule has 0 radical (unpaired) electrons. The second kappa shape index (κ2) is 13.5. The number of amides is 4. The summed E-state index contributed by atoms with van der Waals surface area (Å²) in [5, 5.41) is 5.02. The molecule has 0 spiro atoms. The van der Waals surface area contributed by atoms with Gasteiger partial charge in [0.1, 0.15) is 24.2 Å². The van der Waals surface area contributed by atoms with Crippen molar-refractivity contribution in [3.05, 3.63) is 35.4 Å². The maximum Gasteiger partial charge on any atom is 0.408 e. The summed E-state index contributed by atoms with van der Waals surface area (Å²) >= 11 is 0. The first-order valence-electron chi connectivity index (χ1n) is 11.7. The highest BCUT2D eigenvalue weighted by Gasteiger charge is 2.38. The molecule has 4 amide bonds. The van der Waals surface area contributed by atoms with Crippen molar-refractivity contribution < 1.29 is 33.4 Å².